The Morgan fingerprint density at radius 2 is 1.92 bits per heavy atom. The first kappa shape index (κ1) is 22.9. The van der Waals surface area contributed by atoms with Crippen LogP contribution in [0.25, 0.3) is 50.0 Å². The third kappa shape index (κ3) is 4.19. The van der Waals surface area contributed by atoms with Crippen molar-refractivity contribution in [2.24, 2.45) is 0 Å². The van der Waals surface area contributed by atoms with Crippen molar-refractivity contribution in [3.8, 4) is 22.5 Å². The van der Waals surface area contributed by atoms with Crippen molar-refractivity contribution < 1.29 is 0 Å². The number of hydrogen-bond acceptors (Lipinski definition) is 5. The molecule has 0 unspecified atom stereocenters. The number of nitrogens with zero attached hydrogens (tertiary/aromatic N) is 4. The molecule has 0 saturated carbocycles. The molecule has 7 nitrogen and oxygen atoms in total. The Morgan fingerprint density at radius 1 is 1.00 bits per heavy atom. The van der Waals surface area contributed by atoms with Crippen molar-refractivity contribution in [3.05, 3.63) is 84.0 Å². The molecule has 2 aliphatic heterocycles. The van der Waals surface area contributed by atoms with Crippen LogP contribution in [0.1, 0.15) is 30.4 Å². The molecule has 5 aromatic rings. The third-order valence-electron chi connectivity index (χ3n) is 7.82. The predicted molar refractivity (Wildman–Crippen MR) is 154 cm³/mol. The van der Waals surface area contributed by atoms with Gasteiger partial charge < -0.3 is 10.3 Å². The summed E-state index contributed by atoms with van der Waals surface area (Å²) in [4.78, 5) is 15.3. The van der Waals surface area contributed by atoms with Crippen molar-refractivity contribution in [1.29, 1.82) is 0 Å². The van der Waals surface area contributed by atoms with Gasteiger partial charge in [0, 0.05) is 65.3 Å². The minimum absolute atomic E-state index is 0.718. The van der Waals surface area contributed by atoms with Gasteiger partial charge in [-0.15, -0.1) is 0 Å². The fraction of sp³-hybridized carbons (Fsp3) is 0.258. The molecule has 0 atom stereocenters. The number of H-pyrrole nitrogens is 2. The van der Waals surface area contributed by atoms with Gasteiger partial charge in [-0.1, -0.05) is 29.8 Å². The van der Waals surface area contributed by atoms with Crippen molar-refractivity contribution in [1.82, 2.24) is 35.4 Å². The molecule has 38 heavy (non-hydrogen) atoms. The van der Waals surface area contributed by atoms with Crippen LogP contribution in [0.15, 0.2) is 72.8 Å². The first-order chi connectivity index (χ1) is 18.7. The number of hydrogen-bond donors (Lipinski definition) is 3. The summed E-state index contributed by atoms with van der Waals surface area (Å²) in [7, 11) is 0. The van der Waals surface area contributed by atoms with Crippen LogP contribution >= 0.6 is 0 Å². The summed E-state index contributed by atoms with van der Waals surface area (Å²) in [5.41, 5.74) is 11.0. The monoisotopic (exact) mass is 501 g/mol. The van der Waals surface area contributed by atoms with Gasteiger partial charge in [0.05, 0.1) is 11.4 Å². The first-order valence-electron chi connectivity index (χ1n) is 13.5. The van der Waals surface area contributed by atoms with Gasteiger partial charge in [-0.25, -0.2) is 4.98 Å². The number of aromatic amines is 2. The smallest absolute Gasteiger partial charge is 0.181 e. The summed E-state index contributed by atoms with van der Waals surface area (Å²) in [5.74, 6) is 0. The quantitative estimate of drug-likeness (QED) is 0.282. The Morgan fingerprint density at radius 3 is 2.79 bits per heavy atom. The maximum atomic E-state index is 4.73. The van der Waals surface area contributed by atoms with E-state index in [0.717, 1.165) is 64.1 Å². The number of aryl methyl sites for hydroxylation is 1. The Balaban J connectivity index is 1.29. The molecule has 7 heteroatoms. The van der Waals surface area contributed by atoms with Crippen LogP contribution in [-0.4, -0.2) is 56.2 Å². The average Bonchev–Trinajstić information content (AvgIpc) is 3.67. The summed E-state index contributed by atoms with van der Waals surface area (Å²) in [6.45, 7) is 6.57. The van der Waals surface area contributed by atoms with Crippen LogP contribution in [0.2, 0.25) is 0 Å². The van der Waals surface area contributed by atoms with Gasteiger partial charge in [-0.3, -0.25) is 15.0 Å². The second kappa shape index (κ2) is 9.58. The van der Waals surface area contributed by atoms with E-state index in [-0.39, 0.29) is 0 Å². The zero-order chi connectivity index (χ0) is 25.5. The maximum Gasteiger partial charge on any atom is 0.181 e. The van der Waals surface area contributed by atoms with E-state index in [1.807, 2.05) is 24.7 Å². The number of likely N-dealkylation sites (tertiary alicyclic amines) is 1. The highest BCUT2D eigenvalue weighted by molar-refractivity contribution is 6.02. The summed E-state index contributed by atoms with van der Waals surface area (Å²) in [5, 5.41) is 13.5. The Bertz CT molecular complexity index is 1680. The fourth-order valence-electron chi connectivity index (χ4n) is 5.80. The molecule has 2 aliphatic rings. The fourth-order valence-corrected chi connectivity index (χ4v) is 5.80. The topological polar surface area (TPSA) is 85.5 Å². The van der Waals surface area contributed by atoms with E-state index in [1.165, 1.54) is 48.0 Å². The van der Waals surface area contributed by atoms with Crippen LogP contribution in [0.3, 0.4) is 0 Å². The number of rotatable bonds is 5. The Labute approximate surface area is 221 Å². The van der Waals surface area contributed by atoms with E-state index in [9.17, 15) is 0 Å². The van der Waals surface area contributed by atoms with Gasteiger partial charge in [-0.05, 0) is 74.2 Å². The molecule has 4 aromatic heterocycles. The molecule has 3 N–H and O–H groups in total. The number of nitrogens with one attached hydrogen (secondary N) is 3. The van der Waals surface area contributed by atoms with Crippen LogP contribution in [0.5, 0.6) is 0 Å². The lowest BCUT2D eigenvalue weighted by molar-refractivity contribution is 0.364. The largest absolute Gasteiger partial charge is 0.390 e. The molecule has 7 rings (SSSR count). The second-order valence-corrected chi connectivity index (χ2v) is 10.4. The lowest BCUT2D eigenvalue weighted by Crippen LogP contribution is -2.22. The molecule has 1 saturated heterocycles. The standard InChI is InChI=1S/C31H31N7/c1-20-6-7-25(22-5-4-9-32-16-22)26-15-28(35-29(20)26)30-27-14-24(18-34-31(27)37-36-30)23-13-21(8-10-33-17-23)19-38-11-2-3-12-38/h4-7,9,13-18,33,35H,2-3,8,10-12,19H2,1H3,(H,34,36,37). The number of allylic oxidation sites excluding steroid dienone is 2. The lowest BCUT2D eigenvalue weighted by Gasteiger charge is -2.16. The van der Waals surface area contributed by atoms with E-state index in [0.29, 0.717) is 0 Å². The van der Waals surface area contributed by atoms with E-state index < -0.39 is 0 Å². The normalized spacial score (nSPS) is 16.4. The van der Waals surface area contributed by atoms with Gasteiger partial charge in [0.25, 0.3) is 0 Å². The lowest BCUT2D eigenvalue weighted by atomic mass is 10.0. The van der Waals surface area contributed by atoms with Crippen LogP contribution in [0.4, 0.5) is 0 Å². The van der Waals surface area contributed by atoms with Crippen LogP contribution in [-0.2, 0) is 0 Å². The highest BCUT2D eigenvalue weighted by atomic mass is 15.2. The van der Waals surface area contributed by atoms with E-state index in [2.05, 4.69) is 79.9 Å². The highest BCUT2D eigenvalue weighted by Gasteiger charge is 2.18. The van der Waals surface area contributed by atoms with E-state index in [4.69, 9.17) is 4.98 Å². The molecule has 0 amide bonds. The first-order valence-corrected chi connectivity index (χ1v) is 13.5. The minimum atomic E-state index is 0.718. The average molecular weight is 502 g/mol. The van der Waals surface area contributed by atoms with E-state index in [1.54, 1.807) is 0 Å². The minimum Gasteiger partial charge on any atom is -0.390 e. The van der Waals surface area contributed by atoms with Gasteiger partial charge in [0.2, 0.25) is 0 Å². The number of fused-ring (bicyclic) bond motifs is 2. The predicted octanol–water partition coefficient (Wildman–Crippen LogP) is 5.83. The molecule has 0 aliphatic carbocycles. The van der Waals surface area contributed by atoms with Gasteiger partial charge >= 0.3 is 0 Å². The van der Waals surface area contributed by atoms with Crippen molar-refractivity contribution in [2.45, 2.75) is 26.2 Å². The van der Waals surface area contributed by atoms with Crippen LogP contribution in [0, 0.1) is 6.92 Å². The number of pyridine rings is 2. The molecule has 0 spiro atoms. The van der Waals surface area contributed by atoms with Crippen molar-refractivity contribution in [2.75, 3.05) is 26.2 Å². The summed E-state index contributed by atoms with van der Waals surface area (Å²) in [6.07, 6.45) is 13.8. The van der Waals surface area contributed by atoms with Crippen LogP contribution < -0.4 is 5.32 Å². The van der Waals surface area contributed by atoms with Gasteiger partial charge in [0.15, 0.2) is 5.65 Å². The van der Waals surface area contributed by atoms with E-state index >= 15 is 0 Å². The van der Waals surface area contributed by atoms with Crippen molar-refractivity contribution in [3.63, 3.8) is 0 Å². The van der Waals surface area contributed by atoms with Gasteiger partial charge in [0.1, 0.15) is 0 Å². The molecular formula is C31H31N7. The molecular weight excluding hydrogens is 470 g/mol. The summed E-state index contributed by atoms with van der Waals surface area (Å²) >= 11 is 0. The SMILES string of the molecule is Cc1ccc(-c2cccnc2)c2cc(-c3[nH]nc4ncc(C5=CNCCC(CN6CCCC6)=C5)cc34)[nH]c12. The molecule has 0 radical (unpaired) electrons. The molecule has 190 valence electrons. The maximum absolute atomic E-state index is 4.73. The molecule has 1 aromatic carbocycles. The Hall–Kier alpha value is -4.23. The molecule has 6 heterocycles. The zero-order valence-corrected chi connectivity index (χ0v) is 21.6. The summed E-state index contributed by atoms with van der Waals surface area (Å²) in [6, 6.07) is 12.8. The molecule has 1 fully saturated rings. The second-order valence-electron chi connectivity index (χ2n) is 10.4. The number of aromatic nitrogens is 5. The van der Waals surface area contributed by atoms with Gasteiger partial charge in [-0.2, -0.15) is 5.10 Å². The van der Waals surface area contributed by atoms with Crippen molar-refractivity contribution >= 4 is 27.5 Å². The summed E-state index contributed by atoms with van der Waals surface area (Å²) < 4.78 is 0. The number of benzene rings is 1. The third-order valence-corrected chi connectivity index (χ3v) is 7.82. The Kier molecular flexibility index (Phi) is 5.78. The zero-order valence-electron chi connectivity index (χ0n) is 21.6. The highest BCUT2D eigenvalue weighted by Crippen LogP contribution is 2.35. The molecule has 0 bridgehead atoms.